The van der Waals surface area contributed by atoms with Crippen molar-refractivity contribution in [3.05, 3.63) is 29.8 Å². The van der Waals surface area contributed by atoms with Crippen molar-refractivity contribution in [1.82, 2.24) is 9.80 Å². The second-order valence-electron chi connectivity index (χ2n) is 7.15. The van der Waals surface area contributed by atoms with Crippen molar-refractivity contribution >= 4 is 17.8 Å². The number of carbonyl (C=O) groups is 3. The maximum atomic E-state index is 12.5. The molecule has 148 valence electrons. The Morgan fingerprint density at radius 3 is 2.78 bits per heavy atom. The number of likely N-dealkylation sites (N-methyl/N-ethyl adjacent to an activating group) is 1. The van der Waals surface area contributed by atoms with Gasteiger partial charge in [0, 0.05) is 26.6 Å². The number of hydrogen-bond acceptors (Lipinski definition) is 4. The molecular formula is C20H28N2O5. The average molecular weight is 376 g/mol. The van der Waals surface area contributed by atoms with Gasteiger partial charge in [0.1, 0.15) is 5.75 Å². The molecule has 1 N–H and O–H groups in total. The highest BCUT2D eigenvalue weighted by molar-refractivity contribution is 5.85. The molecule has 7 nitrogen and oxygen atoms in total. The van der Waals surface area contributed by atoms with Gasteiger partial charge in [0.2, 0.25) is 11.8 Å². The lowest BCUT2D eigenvalue weighted by Gasteiger charge is -2.32. The molecule has 7 heteroatoms. The summed E-state index contributed by atoms with van der Waals surface area (Å²) in [6, 6.07) is 7.59. The minimum absolute atomic E-state index is 0.00321. The van der Waals surface area contributed by atoms with Crippen LogP contribution in [-0.2, 0) is 14.4 Å². The van der Waals surface area contributed by atoms with Crippen LogP contribution >= 0.6 is 0 Å². The highest BCUT2D eigenvalue weighted by Crippen LogP contribution is 2.24. The van der Waals surface area contributed by atoms with Gasteiger partial charge < -0.3 is 19.6 Å². The number of ether oxygens (including phenoxy) is 1. The van der Waals surface area contributed by atoms with Crippen LogP contribution in [0.1, 0.15) is 37.7 Å². The zero-order valence-corrected chi connectivity index (χ0v) is 16.2. The third-order valence-electron chi connectivity index (χ3n) is 5.07. The summed E-state index contributed by atoms with van der Waals surface area (Å²) in [5.74, 6) is -0.970. The summed E-state index contributed by atoms with van der Waals surface area (Å²) in [7, 11) is 3.21. The highest BCUT2D eigenvalue weighted by atomic mass is 16.5. The number of aliphatic carboxylic acids is 1. The lowest BCUT2D eigenvalue weighted by Crippen LogP contribution is -2.47. The molecule has 2 rings (SSSR count). The number of hydrogen-bond donors (Lipinski definition) is 1. The van der Waals surface area contributed by atoms with Crippen LogP contribution in [0.2, 0.25) is 0 Å². The van der Waals surface area contributed by atoms with Crippen LogP contribution < -0.4 is 4.74 Å². The minimum atomic E-state index is -0.871. The molecule has 2 atom stereocenters. The van der Waals surface area contributed by atoms with Crippen molar-refractivity contribution in [3.63, 3.8) is 0 Å². The molecular weight excluding hydrogens is 348 g/mol. The number of piperidine rings is 1. The van der Waals surface area contributed by atoms with Crippen molar-refractivity contribution in [3.8, 4) is 5.75 Å². The number of likely N-dealkylation sites (tertiary alicyclic amines) is 1. The van der Waals surface area contributed by atoms with Gasteiger partial charge >= 0.3 is 5.97 Å². The SMILES string of the molecule is COc1cccc(C(C)CC(=O)N(C)CC(=O)N2CCCC(C(=O)O)C2)c1. The molecule has 0 saturated carbocycles. The van der Waals surface area contributed by atoms with Gasteiger partial charge in [-0.25, -0.2) is 0 Å². The Labute approximate surface area is 159 Å². The van der Waals surface area contributed by atoms with E-state index in [9.17, 15) is 14.4 Å². The molecule has 27 heavy (non-hydrogen) atoms. The van der Waals surface area contributed by atoms with Gasteiger partial charge in [-0.3, -0.25) is 14.4 Å². The first-order valence-corrected chi connectivity index (χ1v) is 9.20. The smallest absolute Gasteiger partial charge is 0.308 e. The normalized spacial score (nSPS) is 17.9. The van der Waals surface area contributed by atoms with Gasteiger partial charge in [0.05, 0.1) is 19.6 Å². The van der Waals surface area contributed by atoms with Gasteiger partial charge in [0.15, 0.2) is 0 Å². The van der Waals surface area contributed by atoms with Crippen molar-refractivity contribution in [2.24, 2.45) is 5.92 Å². The van der Waals surface area contributed by atoms with E-state index in [0.717, 1.165) is 11.3 Å². The Bertz CT molecular complexity index is 691. The number of methoxy groups -OCH3 is 1. The van der Waals surface area contributed by atoms with Gasteiger partial charge in [-0.2, -0.15) is 0 Å². The van der Waals surface area contributed by atoms with Gasteiger partial charge in [-0.05, 0) is 36.5 Å². The molecule has 1 heterocycles. The maximum Gasteiger partial charge on any atom is 0.308 e. The lowest BCUT2D eigenvalue weighted by atomic mass is 9.97. The fourth-order valence-corrected chi connectivity index (χ4v) is 3.28. The molecule has 2 amide bonds. The van der Waals surface area contributed by atoms with E-state index < -0.39 is 11.9 Å². The van der Waals surface area contributed by atoms with E-state index >= 15 is 0 Å². The molecule has 0 aliphatic carbocycles. The van der Waals surface area contributed by atoms with Crippen molar-refractivity contribution in [2.75, 3.05) is 33.8 Å². The van der Waals surface area contributed by atoms with Crippen LogP contribution in [0.5, 0.6) is 5.75 Å². The predicted molar refractivity (Wildman–Crippen MR) is 101 cm³/mol. The molecule has 1 saturated heterocycles. The Hall–Kier alpha value is -2.57. The zero-order valence-electron chi connectivity index (χ0n) is 16.2. The van der Waals surface area contributed by atoms with Crippen LogP contribution in [0.3, 0.4) is 0 Å². The highest BCUT2D eigenvalue weighted by Gasteiger charge is 2.29. The first kappa shape index (κ1) is 20.7. The summed E-state index contributed by atoms with van der Waals surface area (Å²) in [4.78, 5) is 39.1. The van der Waals surface area contributed by atoms with Crippen LogP contribution in [0.4, 0.5) is 0 Å². The summed E-state index contributed by atoms with van der Waals surface area (Å²) < 4.78 is 5.22. The fraction of sp³-hybridized carbons (Fsp3) is 0.550. The summed E-state index contributed by atoms with van der Waals surface area (Å²) in [6.07, 6.45) is 1.55. The quantitative estimate of drug-likeness (QED) is 0.786. The first-order chi connectivity index (χ1) is 12.8. The third-order valence-corrected chi connectivity index (χ3v) is 5.07. The number of benzene rings is 1. The molecule has 0 aromatic heterocycles. The summed E-state index contributed by atoms with van der Waals surface area (Å²) in [6.45, 7) is 2.70. The summed E-state index contributed by atoms with van der Waals surface area (Å²) in [5, 5.41) is 9.14. The number of carbonyl (C=O) groups excluding carboxylic acids is 2. The molecule has 0 spiro atoms. The van der Waals surface area contributed by atoms with E-state index in [1.165, 1.54) is 4.90 Å². The molecule has 1 aliphatic heterocycles. The topological polar surface area (TPSA) is 87.2 Å². The average Bonchev–Trinajstić information content (AvgIpc) is 2.67. The molecule has 2 unspecified atom stereocenters. The summed E-state index contributed by atoms with van der Waals surface area (Å²) in [5.41, 5.74) is 1.00. The van der Waals surface area contributed by atoms with Crippen molar-refractivity contribution < 1.29 is 24.2 Å². The number of carboxylic acids is 1. The van der Waals surface area contributed by atoms with E-state index in [0.29, 0.717) is 19.4 Å². The second-order valence-corrected chi connectivity index (χ2v) is 7.15. The summed E-state index contributed by atoms with van der Waals surface area (Å²) >= 11 is 0. The molecule has 0 radical (unpaired) electrons. The Kier molecular flexibility index (Phi) is 7.21. The molecule has 1 aliphatic rings. The van der Waals surface area contributed by atoms with Crippen LogP contribution in [-0.4, -0.2) is 66.5 Å². The van der Waals surface area contributed by atoms with E-state index in [2.05, 4.69) is 0 Å². The van der Waals surface area contributed by atoms with Crippen LogP contribution in [0.25, 0.3) is 0 Å². The maximum absolute atomic E-state index is 12.5. The lowest BCUT2D eigenvalue weighted by molar-refractivity contribution is -0.147. The molecule has 1 aromatic rings. The molecule has 1 fully saturated rings. The number of amides is 2. The van der Waals surface area contributed by atoms with Crippen molar-refractivity contribution in [2.45, 2.75) is 32.1 Å². The van der Waals surface area contributed by atoms with Gasteiger partial charge in [0.25, 0.3) is 0 Å². The number of carboxylic acid groups (broad SMARTS) is 1. The third kappa shape index (κ3) is 5.70. The van der Waals surface area contributed by atoms with Crippen LogP contribution in [0.15, 0.2) is 24.3 Å². The number of rotatable bonds is 7. The van der Waals surface area contributed by atoms with E-state index in [1.807, 2.05) is 31.2 Å². The number of nitrogens with zero attached hydrogens (tertiary/aromatic N) is 2. The zero-order chi connectivity index (χ0) is 20.0. The first-order valence-electron chi connectivity index (χ1n) is 9.20. The van der Waals surface area contributed by atoms with E-state index in [-0.39, 0.29) is 37.2 Å². The van der Waals surface area contributed by atoms with Gasteiger partial charge in [-0.15, -0.1) is 0 Å². The standard InChI is InChI=1S/C20H28N2O5/c1-14(15-6-4-8-17(11-15)27-3)10-18(23)21(2)13-19(24)22-9-5-7-16(12-22)20(25)26/h4,6,8,11,14,16H,5,7,9-10,12-13H2,1-3H3,(H,25,26). The largest absolute Gasteiger partial charge is 0.497 e. The van der Waals surface area contributed by atoms with E-state index in [4.69, 9.17) is 9.84 Å². The monoisotopic (exact) mass is 376 g/mol. The van der Waals surface area contributed by atoms with Crippen molar-refractivity contribution in [1.29, 1.82) is 0 Å². The fourth-order valence-electron chi connectivity index (χ4n) is 3.28. The molecule has 1 aromatic carbocycles. The van der Waals surface area contributed by atoms with Gasteiger partial charge in [-0.1, -0.05) is 19.1 Å². The molecule has 0 bridgehead atoms. The second kappa shape index (κ2) is 9.39. The Balaban J connectivity index is 1.88. The Morgan fingerprint density at radius 1 is 1.37 bits per heavy atom. The predicted octanol–water partition coefficient (Wildman–Crippen LogP) is 1.97. The Morgan fingerprint density at radius 2 is 2.11 bits per heavy atom. The van der Waals surface area contributed by atoms with Crippen LogP contribution in [0, 0.1) is 5.92 Å². The van der Waals surface area contributed by atoms with E-state index in [1.54, 1.807) is 19.1 Å². The minimum Gasteiger partial charge on any atom is -0.497 e.